The van der Waals surface area contributed by atoms with E-state index in [0.717, 1.165) is 5.56 Å². The molecule has 0 aliphatic carbocycles. The van der Waals surface area contributed by atoms with Gasteiger partial charge in [-0.15, -0.1) is 0 Å². The Hall–Kier alpha value is -1.89. The molecular weight excluding hydrogens is 424 g/mol. The molecule has 1 atom stereocenters. The molecule has 1 fully saturated rings. The monoisotopic (exact) mass is 441 g/mol. The Morgan fingerprint density at radius 2 is 1.89 bits per heavy atom. The maximum Gasteiger partial charge on any atom is 0.247 e. The number of hydrogen-bond acceptors (Lipinski definition) is 3. The van der Waals surface area contributed by atoms with Gasteiger partial charge < -0.3 is 4.90 Å². The molecule has 0 saturated carbocycles. The van der Waals surface area contributed by atoms with Crippen molar-refractivity contribution >= 4 is 45.0 Å². The first kappa shape index (κ1) is 20.8. The van der Waals surface area contributed by atoms with Gasteiger partial charge in [0.05, 0.1) is 11.5 Å². The lowest BCUT2D eigenvalue weighted by molar-refractivity contribution is -0.128. The molecule has 2 aromatic carbocycles. The lowest BCUT2D eigenvalue weighted by Gasteiger charge is -2.27. The van der Waals surface area contributed by atoms with Gasteiger partial charge in [-0.25, -0.2) is 12.8 Å². The second kappa shape index (κ2) is 8.64. The number of carbonyl (C=O) groups excluding carboxylic acids is 1. The van der Waals surface area contributed by atoms with Crippen LogP contribution in [-0.2, 0) is 21.2 Å². The minimum absolute atomic E-state index is 0.0532. The smallest absolute Gasteiger partial charge is 0.247 e. The number of sulfone groups is 1. The van der Waals surface area contributed by atoms with E-state index in [4.69, 9.17) is 23.2 Å². The van der Waals surface area contributed by atoms with E-state index in [9.17, 15) is 17.6 Å². The molecule has 0 spiro atoms. The Labute approximate surface area is 173 Å². The number of halogens is 3. The fourth-order valence-corrected chi connectivity index (χ4v) is 5.29. The predicted molar refractivity (Wildman–Crippen MR) is 110 cm³/mol. The molecule has 3 rings (SSSR count). The van der Waals surface area contributed by atoms with Crippen LogP contribution < -0.4 is 0 Å². The van der Waals surface area contributed by atoms with E-state index in [1.165, 1.54) is 23.1 Å². The summed E-state index contributed by atoms with van der Waals surface area (Å²) in [5, 5.41) is 0.896. The summed E-state index contributed by atoms with van der Waals surface area (Å²) >= 11 is 12.0. The highest BCUT2D eigenvalue weighted by Crippen LogP contribution is 2.24. The fourth-order valence-electron chi connectivity index (χ4n) is 3.09. The van der Waals surface area contributed by atoms with Crippen LogP contribution in [0.4, 0.5) is 4.39 Å². The number of amides is 1. The van der Waals surface area contributed by atoms with Crippen LogP contribution in [-0.4, -0.2) is 36.8 Å². The Balaban J connectivity index is 1.83. The summed E-state index contributed by atoms with van der Waals surface area (Å²) in [6.45, 7) is 0.192. The molecule has 1 heterocycles. The SMILES string of the molecule is O=C(/C=C/c1ccc(Cl)cc1Cl)N(Cc1ccc(F)cc1)[C@@H]1CCS(=O)(=O)C1. The van der Waals surface area contributed by atoms with Gasteiger partial charge in [-0.1, -0.05) is 41.4 Å². The van der Waals surface area contributed by atoms with Crippen molar-refractivity contribution in [3.05, 3.63) is 75.5 Å². The highest BCUT2D eigenvalue weighted by molar-refractivity contribution is 7.91. The molecule has 1 aliphatic heterocycles. The first-order valence-corrected chi connectivity index (χ1v) is 11.2. The number of benzene rings is 2. The van der Waals surface area contributed by atoms with Crippen molar-refractivity contribution in [2.75, 3.05) is 11.5 Å². The van der Waals surface area contributed by atoms with Crippen molar-refractivity contribution in [2.45, 2.75) is 19.0 Å². The van der Waals surface area contributed by atoms with Crippen LogP contribution in [0, 0.1) is 5.82 Å². The molecule has 8 heteroatoms. The van der Waals surface area contributed by atoms with Crippen molar-refractivity contribution < 1.29 is 17.6 Å². The standard InChI is InChI=1S/C20H18Cl2FNO3S/c21-16-5-3-15(19(22)11-16)4-8-20(25)24(18-9-10-28(26,27)13-18)12-14-1-6-17(23)7-2-14/h1-8,11,18H,9-10,12-13H2/b8-4+/t18-/m1/s1. The zero-order valence-corrected chi connectivity index (χ0v) is 17.1. The molecule has 0 unspecified atom stereocenters. The van der Waals surface area contributed by atoms with Gasteiger partial charge >= 0.3 is 0 Å². The topological polar surface area (TPSA) is 54.5 Å². The first-order chi connectivity index (χ1) is 13.2. The lowest BCUT2D eigenvalue weighted by atomic mass is 10.1. The predicted octanol–water partition coefficient (Wildman–Crippen LogP) is 4.36. The van der Waals surface area contributed by atoms with Crippen LogP contribution >= 0.6 is 23.2 Å². The molecular formula is C20H18Cl2FNO3S. The molecule has 4 nitrogen and oxygen atoms in total. The summed E-state index contributed by atoms with van der Waals surface area (Å²) < 4.78 is 36.9. The average Bonchev–Trinajstić information content (AvgIpc) is 2.99. The molecule has 2 aromatic rings. The van der Waals surface area contributed by atoms with Gasteiger partial charge in [-0.3, -0.25) is 4.79 Å². The second-order valence-electron chi connectivity index (χ2n) is 6.65. The van der Waals surface area contributed by atoms with E-state index < -0.39 is 15.9 Å². The van der Waals surface area contributed by atoms with Crippen molar-refractivity contribution in [3.63, 3.8) is 0 Å². The zero-order valence-electron chi connectivity index (χ0n) is 14.8. The van der Waals surface area contributed by atoms with Crippen LogP contribution in [0.25, 0.3) is 6.08 Å². The summed E-state index contributed by atoms with van der Waals surface area (Å²) in [5.74, 6) is -0.729. The van der Waals surface area contributed by atoms with Gasteiger partial charge in [0.25, 0.3) is 0 Å². The Bertz CT molecular complexity index is 1010. The maximum atomic E-state index is 13.2. The highest BCUT2D eigenvalue weighted by Gasteiger charge is 2.34. The van der Waals surface area contributed by atoms with Gasteiger partial charge in [0.15, 0.2) is 9.84 Å². The summed E-state index contributed by atoms with van der Waals surface area (Å²) in [5.41, 5.74) is 1.34. The van der Waals surface area contributed by atoms with E-state index in [-0.39, 0.29) is 29.8 Å². The van der Waals surface area contributed by atoms with E-state index in [1.807, 2.05) is 0 Å². The van der Waals surface area contributed by atoms with Crippen LogP contribution in [0.3, 0.4) is 0 Å². The molecule has 148 valence electrons. The zero-order chi connectivity index (χ0) is 20.3. The minimum Gasteiger partial charge on any atom is -0.331 e. The summed E-state index contributed by atoms with van der Waals surface area (Å²) in [4.78, 5) is 14.4. The molecule has 0 N–H and O–H groups in total. The molecule has 28 heavy (non-hydrogen) atoms. The summed E-state index contributed by atoms with van der Waals surface area (Å²) in [7, 11) is -3.17. The quantitative estimate of drug-likeness (QED) is 0.647. The normalized spacial score (nSPS) is 18.5. The van der Waals surface area contributed by atoms with Gasteiger partial charge in [0, 0.05) is 28.7 Å². The van der Waals surface area contributed by atoms with Crippen LogP contribution in [0.1, 0.15) is 17.5 Å². The highest BCUT2D eigenvalue weighted by atomic mass is 35.5. The molecule has 0 bridgehead atoms. The van der Waals surface area contributed by atoms with Crippen molar-refractivity contribution in [2.24, 2.45) is 0 Å². The number of hydrogen-bond donors (Lipinski definition) is 0. The Morgan fingerprint density at radius 3 is 2.50 bits per heavy atom. The summed E-state index contributed by atoms with van der Waals surface area (Å²) in [6, 6.07) is 10.3. The third-order valence-corrected chi connectivity index (χ3v) is 6.88. The van der Waals surface area contributed by atoms with Crippen LogP contribution in [0.2, 0.25) is 10.0 Å². The molecule has 1 saturated heterocycles. The molecule has 0 radical (unpaired) electrons. The minimum atomic E-state index is -3.17. The maximum absolute atomic E-state index is 13.2. The van der Waals surface area contributed by atoms with Gasteiger partial charge in [0.1, 0.15) is 5.82 Å². The van der Waals surface area contributed by atoms with E-state index in [2.05, 4.69) is 0 Å². The molecule has 1 amide bonds. The van der Waals surface area contributed by atoms with Gasteiger partial charge in [-0.2, -0.15) is 0 Å². The van der Waals surface area contributed by atoms with Crippen LogP contribution in [0.15, 0.2) is 48.5 Å². The van der Waals surface area contributed by atoms with Crippen LogP contribution in [0.5, 0.6) is 0 Å². The third-order valence-electron chi connectivity index (χ3n) is 4.57. The lowest BCUT2D eigenvalue weighted by Crippen LogP contribution is -2.39. The van der Waals surface area contributed by atoms with Gasteiger partial charge in [-0.05, 0) is 47.9 Å². The number of rotatable bonds is 5. The number of carbonyl (C=O) groups is 1. The van der Waals surface area contributed by atoms with Crippen molar-refractivity contribution in [3.8, 4) is 0 Å². The van der Waals surface area contributed by atoms with E-state index in [0.29, 0.717) is 22.0 Å². The van der Waals surface area contributed by atoms with Gasteiger partial charge in [0.2, 0.25) is 5.91 Å². The Kier molecular flexibility index (Phi) is 6.43. The van der Waals surface area contributed by atoms with Crippen molar-refractivity contribution in [1.82, 2.24) is 4.90 Å². The van der Waals surface area contributed by atoms with E-state index in [1.54, 1.807) is 36.4 Å². The number of nitrogens with zero attached hydrogens (tertiary/aromatic N) is 1. The Morgan fingerprint density at radius 1 is 1.18 bits per heavy atom. The second-order valence-corrected chi connectivity index (χ2v) is 9.72. The first-order valence-electron chi connectivity index (χ1n) is 8.62. The third kappa shape index (κ3) is 5.34. The van der Waals surface area contributed by atoms with E-state index >= 15 is 0 Å². The average molecular weight is 442 g/mol. The largest absolute Gasteiger partial charge is 0.331 e. The molecule has 0 aromatic heterocycles. The fraction of sp³-hybridized carbons (Fsp3) is 0.250. The van der Waals surface area contributed by atoms with Crippen molar-refractivity contribution in [1.29, 1.82) is 0 Å². The summed E-state index contributed by atoms with van der Waals surface area (Å²) in [6.07, 6.45) is 3.32. The molecule has 1 aliphatic rings.